The molecule has 0 saturated heterocycles. The monoisotopic (exact) mass is 425 g/mol. The van der Waals surface area contributed by atoms with Crippen LogP contribution in [-0.2, 0) is 9.59 Å². The van der Waals surface area contributed by atoms with E-state index in [1.54, 1.807) is 16.2 Å². The molecule has 1 aliphatic rings. The number of thiophene rings is 1. The van der Waals surface area contributed by atoms with E-state index in [1.165, 1.54) is 11.8 Å². The fourth-order valence-electron chi connectivity index (χ4n) is 3.55. The summed E-state index contributed by atoms with van der Waals surface area (Å²) in [6.45, 7) is 2.12. The number of aromatic nitrogens is 1. The molecule has 1 unspecified atom stereocenters. The number of nitrogens with one attached hydrogen (secondary N) is 1. The lowest BCUT2D eigenvalue weighted by Crippen LogP contribution is -2.43. The van der Waals surface area contributed by atoms with Crippen molar-refractivity contribution in [1.82, 2.24) is 9.88 Å². The first-order valence-corrected chi connectivity index (χ1v) is 11.6. The van der Waals surface area contributed by atoms with Gasteiger partial charge in [0, 0.05) is 11.1 Å². The molecule has 1 aliphatic heterocycles. The Hall–Kier alpha value is -2.51. The van der Waals surface area contributed by atoms with Gasteiger partial charge >= 0.3 is 0 Å². The van der Waals surface area contributed by atoms with Crippen molar-refractivity contribution in [2.75, 3.05) is 17.2 Å². The number of amides is 2. The molecule has 3 aromatic rings. The van der Waals surface area contributed by atoms with Gasteiger partial charge in [0.1, 0.15) is 6.54 Å². The summed E-state index contributed by atoms with van der Waals surface area (Å²) >= 11 is 3.14. The molecular weight excluding hydrogens is 402 g/mol. The zero-order valence-corrected chi connectivity index (χ0v) is 17.8. The summed E-state index contributed by atoms with van der Waals surface area (Å²) in [4.78, 5) is 28.6. The van der Waals surface area contributed by atoms with Gasteiger partial charge in [-0.05, 0) is 42.1 Å². The third kappa shape index (κ3) is 4.26. The molecule has 0 saturated carbocycles. The number of hydrogen-bond donors (Lipinski definition) is 1. The van der Waals surface area contributed by atoms with Crippen molar-refractivity contribution in [2.24, 2.45) is 0 Å². The average molecular weight is 426 g/mol. The number of benzene rings is 1. The lowest BCUT2D eigenvalue weighted by Gasteiger charge is -2.28. The van der Waals surface area contributed by atoms with Crippen LogP contribution in [0.5, 0.6) is 0 Å². The minimum atomic E-state index is -0.140. The fraction of sp³-hybridized carbons (Fsp3) is 0.273. The number of fused-ring (bicyclic) bond motifs is 3. The van der Waals surface area contributed by atoms with Gasteiger partial charge in [0.05, 0.1) is 28.2 Å². The molecule has 0 bridgehead atoms. The Morgan fingerprint density at radius 3 is 2.72 bits per heavy atom. The minimum Gasteiger partial charge on any atom is -0.347 e. The standard InChI is InChI=1S/C22H23N3O2S2/c1-2-7-16(19-10-6-13-28-19)23-20(26)14-25-18-9-4-3-8-17(18)24-12-5-11-22(24)29-15-21(25)27/h3-6,8-13,16H,2,7,14-15H2,1H3,(H,23,26). The van der Waals surface area contributed by atoms with Crippen LogP contribution in [0, 0.1) is 0 Å². The Labute approximate surface area is 178 Å². The van der Waals surface area contributed by atoms with Crippen LogP contribution >= 0.6 is 23.1 Å². The van der Waals surface area contributed by atoms with Crippen molar-refractivity contribution in [1.29, 1.82) is 0 Å². The summed E-state index contributed by atoms with van der Waals surface area (Å²) in [6.07, 6.45) is 3.84. The largest absolute Gasteiger partial charge is 0.347 e. The van der Waals surface area contributed by atoms with E-state index in [1.807, 2.05) is 60.1 Å². The van der Waals surface area contributed by atoms with Crippen molar-refractivity contribution >= 4 is 40.6 Å². The lowest BCUT2D eigenvalue weighted by atomic mass is 10.1. The second kappa shape index (κ2) is 8.88. The van der Waals surface area contributed by atoms with Crippen LogP contribution in [0.4, 0.5) is 5.69 Å². The Balaban J connectivity index is 1.59. The van der Waals surface area contributed by atoms with Crippen molar-refractivity contribution in [3.05, 3.63) is 65.0 Å². The van der Waals surface area contributed by atoms with Crippen LogP contribution in [-0.4, -0.2) is 28.7 Å². The summed E-state index contributed by atoms with van der Waals surface area (Å²) in [5.41, 5.74) is 1.66. The molecule has 150 valence electrons. The SMILES string of the molecule is CCCC(NC(=O)CN1C(=O)CSc2cccn2-c2ccccc21)c1cccs1. The highest BCUT2D eigenvalue weighted by Crippen LogP contribution is 2.33. The maximum Gasteiger partial charge on any atom is 0.240 e. The molecule has 0 aliphatic carbocycles. The summed E-state index contributed by atoms with van der Waals surface area (Å²) in [5, 5.41) is 6.18. The Kier molecular flexibility index (Phi) is 6.06. The second-order valence-corrected chi connectivity index (χ2v) is 8.87. The highest BCUT2D eigenvalue weighted by Gasteiger charge is 2.26. The van der Waals surface area contributed by atoms with E-state index in [0.29, 0.717) is 5.75 Å². The maximum absolute atomic E-state index is 13.0. The maximum atomic E-state index is 13.0. The third-order valence-electron chi connectivity index (χ3n) is 4.89. The molecule has 7 heteroatoms. The van der Waals surface area contributed by atoms with Gasteiger partial charge in [-0.3, -0.25) is 9.59 Å². The summed E-state index contributed by atoms with van der Waals surface area (Å²) in [6, 6.07) is 15.8. The van der Waals surface area contributed by atoms with Crippen LogP contribution in [0.25, 0.3) is 5.69 Å². The smallest absolute Gasteiger partial charge is 0.240 e. The van der Waals surface area contributed by atoms with E-state index in [2.05, 4.69) is 16.8 Å². The molecular formula is C22H23N3O2S2. The second-order valence-electron chi connectivity index (χ2n) is 6.90. The van der Waals surface area contributed by atoms with E-state index in [4.69, 9.17) is 0 Å². The van der Waals surface area contributed by atoms with Crippen molar-refractivity contribution in [2.45, 2.75) is 30.8 Å². The quantitative estimate of drug-likeness (QED) is 0.626. The van der Waals surface area contributed by atoms with Gasteiger partial charge in [0.15, 0.2) is 0 Å². The zero-order valence-electron chi connectivity index (χ0n) is 16.2. The van der Waals surface area contributed by atoms with Gasteiger partial charge in [-0.25, -0.2) is 0 Å². The molecule has 0 radical (unpaired) electrons. The number of para-hydroxylation sites is 2. The molecule has 4 rings (SSSR count). The van der Waals surface area contributed by atoms with E-state index in [0.717, 1.165) is 34.1 Å². The van der Waals surface area contributed by atoms with Crippen LogP contribution in [0.15, 0.2) is 65.1 Å². The van der Waals surface area contributed by atoms with Crippen LogP contribution in [0.3, 0.4) is 0 Å². The number of thioether (sulfide) groups is 1. The molecule has 1 aromatic carbocycles. The molecule has 2 amide bonds. The van der Waals surface area contributed by atoms with Gasteiger partial charge in [-0.15, -0.1) is 11.3 Å². The van der Waals surface area contributed by atoms with E-state index < -0.39 is 0 Å². The molecule has 1 N–H and O–H groups in total. The number of anilines is 1. The lowest BCUT2D eigenvalue weighted by molar-refractivity contribution is -0.123. The first kappa shape index (κ1) is 19.8. The molecule has 0 fully saturated rings. The minimum absolute atomic E-state index is 0.0125. The van der Waals surface area contributed by atoms with Crippen LogP contribution in [0.1, 0.15) is 30.7 Å². The first-order chi connectivity index (χ1) is 14.2. The van der Waals surface area contributed by atoms with Crippen LogP contribution in [0.2, 0.25) is 0 Å². The predicted octanol–water partition coefficient (Wildman–Crippen LogP) is 4.64. The highest BCUT2D eigenvalue weighted by molar-refractivity contribution is 7.99. The summed E-state index contributed by atoms with van der Waals surface area (Å²) in [5.74, 6) is 0.0982. The molecule has 1 atom stereocenters. The third-order valence-corrected chi connectivity index (χ3v) is 6.89. The van der Waals surface area contributed by atoms with Gasteiger partial charge in [0.25, 0.3) is 0 Å². The van der Waals surface area contributed by atoms with E-state index >= 15 is 0 Å². The number of hydrogen-bond acceptors (Lipinski definition) is 4. The number of carbonyl (C=O) groups excluding carboxylic acids is 2. The average Bonchev–Trinajstić information content (AvgIpc) is 3.41. The molecule has 29 heavy (non-hydrogen) atoms. The van der Waals surface area contributed by atoms with Gasteiger partial charge in [-0.2, -0.15) is 0 Å². The van der Waals surface area contributed by atoms with Gasteiger partial charge in [0.2, 0.25) is 11.8 Å². The molecule has 5 nitrogen and oxygen atoms in total. The van der Waals surface area contributed by atoms with Gasteiger partial charge in [-0.1, -0.05) is 43.3 Å². The normalized spacial score (nSPS) is 14.5. The zero-order chi connectivity index (χ0) is 20.2. The van der Waals surface area contributed by atoms with E-state index in [-0.39, 0.29) is 24.4 Å². The van der Waals surface area contributed by atoms with E-state index in [9.17, 15) is 9.59 Å². The number of nitrogens with zero attached hydrogens (tertiary/aromatic N) is 2. The van der Waals surface area contributed by atoms with Crippen molar-refractivity contribution in [3.63, 3.8) is 0 Å². The van der Waals surface area contributed by atoms with Crippen molar-refractivity contribution in [3.8, 4) is 5.69 Å². The van der Waals surface area contributed by atoms with Gasteiger partial charge < -0.3 is 14.8 Å². The summed E-state index contributed by atoms with van der Waals surface area (Å²) < 4.78 is 2.07. The fourth-order valence-corrected chi connectivity index (χ4v) is 5.26. The Morgan fingerprint density at radius 1 is 1.14 bits per heavy atom. The molecule has 0 spiro atoms. The number of carbonyl (C=O) groups is 2. The number of rotatable bonds is 6. The van der Waals surface area contributed by atoms with Crippen LogP contribution < -0.4 is 10.2 Å². The van der Waals surface area contributed by atoms with Crippen molar-refractivity contribution < 1.29 is 9.59 Å². The topological polar surface area (TPSA) is 54.3 Å². The first-order valence-electron chi connectivity index (χ1n) is 9.70. The summed E-state index contributed by atoms with van der Waals surface area (Å²) in [7, 11) is 0. The molecule has 2 aromatic heterocycles. The highest BCUT2D eigenvalue weighted by atomic mass is 32.2. The predicted molar refractivity (Wildman–Crippen MR) is 119 cm³/mol. The molecule has 3 heterocycles. The Bertz CT molecular complexity index is 997. The Morgan fingerprint density at radius 2 is 1.97 bits per heavy atom.